The van der Waals surface area contributed by atoms with Gasteiger partial charge in [0.2, 0.25) is 5.91 Å². The predicted octanol–water partition coefficient (Wildman–Crippen LogP) is 4.38. The summed E-state index contributed by atoms with van der Waals surface area (Å²) in [7, 11) is 0. The molecular weight excluding hydrogens is 348 g/mol. The van der Waals surface area contributed by atoms with Crippen molar-refractivity contribution in [1.29, 1.82) is 5.41 Å². The highest BCUT2D eigenvalue weighted by atomic mass is 16.1. The minimum absolute atomic E-state index is 0.298. The largest absolute Gasteiger partial charge is 0.397 e. The Morgan fingerprint density at radius 2 is 1.71 bits per heavy atom. The van der Waals surface area contributed by atoms with E-state index in [2.05, 4.69) is 10.6 Å². The number of nitrogens with one attached hydrogen (secondary N) is 3. The molecular formula is C23H26N4O. The zero-order valence-electron chi connectivity index (χ0n) is 16.2. The predicted molar refractivity (Wildman–Crippen MR) is 118 cm³/mol. The van der Waals surface area contributed by atoms with Gasteiger partial charge in [-0.15, -0.1) is 0 Å². The third-order valence-corrected chi connectivity index (χ3v) is 4.02. The summed E-state index contributed by atoms with van der Waals surface area (Å²) in [5, 5.41) is 14.0. The molecule has 5 N–H and O–H groups in total. The van der Waals surface area contributed by atoms with Gasteiger partial charge >= 0.3 is 0 Å². The zero-order chi connectivity index (χ0) is 20.4. The van der Waals surface area contributed by atoms with Gasteiger partial charge in [-0.3, -0.25) is 4.79 Å². The van der Waals surface area contributed by atoms with Crippen LogP contribution in [0, 0.1) is 5.41 Å². The first-order chi connectivity index (χ1) is 13.5. The van der Waals surface area contributed by atoms with Crippen LogP contribution in [0.15, 0.2) is 84.1 Å². The number of carbonyl (C=O) groups excluding carboxylic acids is 1. The van der Waals surface area contributed by atoms with Crippen LogP contribution >= 0.6 is 0 Å². The molecule has 0 spiro atoms. The molecule has 144 valence electrons. The van der Waals surface area contributed by atoms with E-state index in [0.717, 1.165) is 11.3 Å². The van der Waals surface area contributed by atoms with Crippen molar-refractivity contribution in [2.45, 2.75) is 13.8 Å². The average Bonchev–Trinajstić information content (AvgIpc) is 2.68. The van der Waals surface area contributed by atoms with E-state index in [9.17, 15) is 4.79 Å². The zero-order valence-corrected chi connectivity index (χ0v) is 16.2. The number of hydrogen-bond acceptors (Lipinski definition) is 4. The minimum atomic E-state index is -0.298. The van der Waals surface area contributed by atoms with Crippen LogP contribution in [0.2, 0.25) is 0 Å². The smallest absolute Gasteiger partial charge is 0.248 e. The Hall–Kier alpha value is -3.60. The van der Waals surface area contributed by atoms with Gasteiger partial charge in [0.25, 0.3) is 0 Å². The summed E-state index contributed by atoms with van der Waals surface area (Å²) in [6, 6.07) is 17.1. The Kier molecular flexibility index (Phi) is 7.78. The SMILES string of the molecule is CC(=N)C(/C=C/C(=O)Nc1ccccc1N)=C(/C)NC/C=C/c1ccccc1. The molecule has 0 saturated carbocycles. The highest BCUT2D eigenvalue weighted by molar-refractivity contribution is 6.04. The first-order valence-electron chi connectivity index (χ1n) is 9.03. The number of nitrogens with two attached hydrogens (primary N) is 1. The summed E-state index contributed by atoms with van der Waals surface area (Å²) in [5.41, 5.74) is 9.91. The molecule has 28 heavy (non-hydrogen) atoms. The number of rotatable bonds is 8. The molecule has 0 aliphatic heterocycles. The van der Waals surface area contributed by atoms with Crippen LogP contribution in [0.3, 0.4) is 0 Å². The Morgan fingerprint density at radius 1 is 1.04 bits per heavy atom. The van der Waals surface area contributed by atoms with Gasteiger partial charge in [-0.2, -0.15) is 0 Å². The summed E-state index contributed by atoms with van der Waals surface area (Å²) in [6.45, 7) is 4.21. The first kappa shape index (κ1) is 20.7. The number of anilines is 2. The highest BCUT2D eigenvalue weighted by Gasteiger charge is 2.04. The summed E-state index contributed by atoms with van der Waals surface area (Å²) in [4.78, 5) is 12.2. The van der Waals surface area contributed by atoms with Gasteiger partial charge in [-0.25, -0.2) is 0 Å². The maximum Gasteiger partial charge on any atom is 0.248 e. The molecule has 0 radical (unpaired) electrons. The molecule has 0 bridgehead atoms. The minimum Gasteiger partial charge on any atom is -0.397 e. The van der Waals surface area contributed by atoms with E-state index in [1.807, 2.05) is 49.4 Å². The van der Waals surface area contributed by atoms with Crippen LogP contribution in [0.1, 0.15) is 19.4 Å². The second-order valence-electron chi connectivity index (χ2n) is 6.27. The molecule has 0 unspecified atom stereocenters. The van der Waals surface area contributed by atoms with Crippen molar-refractivity contribution in [2.75, 3.05) is 17.6 Å². The molecule has 5 heteroatoms. The second-order valence-corrected chi connectivity index (χ2v) is 6.27. The van der Waals surface area contributed by atoms with Gasteiger partial charge in [-0.05, 0) is 37.6 Å². The van der Waals surface area contributed by atoms with Gasteiger partial charge in [0.05, 0.1) is 11.4 Å². The molecule has 2 aromatic carbocycles. The topological polar surface area (TPSA) is 91.0 Å². The average molecular weight is 374 g/mol. The van der Waals surface area contributed by atoms with E-state index in [4.69, 9.17) is 11.1 Å². The third-order valence-electron chi connectivity index (χ3n) is 4.02. The Labute approximate surface area is 166 Å². The maximum atomic E-state index is 12.2. The number of allylic oxidation sites excluding steroid dienone is 3. The van der Waals surface area contributed by atoms with E-state index in [1.54, 1.807) is 37.3 Å². The lowest BCUT2D eigenvalue weighted by Crippen LogP contribution is -2.15. The molecule has 5 nitrogen and oxygen atoms in total. The number of benzene rings is 2. The fraction of sp³-hybridized carbons (Fsp3) is 0.130. The van der Waals surface area contributed by atoms with Crippen LogP contribution in [-0.2, 0) is 4.79 Å². The monoisotopic (exact) mass is 374 g/mol. The van der Waals surface area contributed by atoms with Crippen molar-refractivity contribution in [2.24, 2.45) is 0 Å². The summed E-state index contributed by atoms with van der Waals surface area (Å²) < 4.78 is 0. The van der Waals surface area contributed by atoms with Crippen LogP contribution in [0.5, 0.6) is 0 Å². The van der Waals surface area contributed by atoms with Crippen LogP contribution in [0.25, 0.3) is 6.08 Å². The Morgan fingerprint density at radius 3 is 2.39 bits per heavy atom. The summed E-state index contributed by atoms with van der Waals surface area (Å²) >= 11 is 0. The van der Waals surface area contributed by atoms with Crippen LogP contribution in [-0.4, -0.2) is 18.2 Å². The van der Waals surface area contributed by atoms with E-state index in [0.29, 0.717) is 29.2 Å². The van der Waals surface area contributed by atoms with Crippen LogP contribution in [0.4, 0.5) is 11.4 Å². The van der Waals surface area contributed by atoms with Gasteiger partial charge < -0.3 is 21.8 Å². The van der Waals surface area contributed by atoms with Crippen LogP contribution < -0.4 is 16.4 Å². The maximum absolute atomic E-state index is 12.2. The fourth-order valence-electron chi connectivity index (χ4n) is 2.54. The molecule has 0 aliphatic carbocycles. The molecule has 2 rings (SSSR count). The van der Waals surface area contributed by atoms with Crippen molar-refractivity contribution in [1.82, 2.24) is 5.32 Å². The highest BCUT2D eigenvalue weighted by Crippen LogP contribution is 2.16. The van der Waals surface area contributed by atoms with Crippen molar-refractivity contribution < 1.29 is 4.79 Å². The van der Waals surface area contributed by atoms with E-state index >= 15 is 0 Å². The molecule has 0 aromatic heterocycles. The molecule has 0 fully saturated rings. The lowest BCUT2D eigenvalue weighted by molar-refractivity contribution is -0.111. The molecule has 0 heterocycles. The number of nitrogen functional groups attached to an aromatic ring is 1. The first-order valence-corrected chi connectivity index (χ1v) is 9.03. The van der Waals surface area contributed by atoms with Crippen molar-refractivity contribution in [3.8, 4) is 0 Å². The Bertz CT molecular complexity index is 911. The normalized spacial score (nSPS) is 12.1. The third kappa shape index (κ3) is 6.61. The van der Waals surface area contributed by atoms with Crippen molar-refractivity contribution in [3.63, 3.8) is 0 Å². The van der Waals surface area contributed by atoms with Gasteiger partial charge in [0.1, 0.15) is 0 Å². The summed E-state index contributed by atoms with van der Waals surface area (Å²) in [5.74, 6) is -0.298. The number of amides is 1. The van der Waals surface area contributed by atoms with Gasteiger partial charge in [0.15, 0.2) is 0 Å². The molecule has 2 aromatic rings. The molecule has 0 atom stereocenters. The standard InChI is InChI=1S/C23H26N4O/c1-17(24)20(14-15-23(28)27-22-13-7-6-12-21(22)25)18(2)26-16-8-11-19-9-4-3-5-10-19/h3-15,24,26H,16,25H2,1-2H3,(H,27,28)/b11-8+,15-14+,20-18-,24-17?. The quantitative estimate of drug-likeness (QED) is 0.239. The molecule has 1 amide bonds. The number of para-hydroxylation sites is 2. The number of hydrogen-bond donors (Lipinski definition) is 4. The molecule has 0 aliphatic rings. The Balaban J connectivity index is 1.99. The summed E-state index contributed by atoms with van der Waals surface area (Å²) in [6.07, 6.45) is 7.10. The second kappa shape index (κ2) is 10.5. The fourth-order valence-corrected chi connectivity index (χ4v) is 2.54. The van der Waals surface area contributed by atoms with Gasteiger partial charge in [-0.1, -0.05) is 54.6 Å². The van der Waals surface area contributed by atoms with E-state index in [-0.39, 0.29) is 5.91 Å². The lowest BCUT2D eigenvalue weighted by atomic mass is 10.1. The molecule has 0 saturated heterocycles. The number of carbonyl (C=O) groups is 1. The van der Waals surface area contributed by atoms with E-state index in [1.165, 1.54) is 6.08 Å². The lowest BCUT2D eigenvalue weighted by Gasteiger charge is -2.09. The van der Waals surface area contributed by atoms with Crippen molar-refractivity contribution >= 4 is 29.1 Å². The van der Waals surface area contributed by atoms with Gasteiger partial charge in [0, 0.05) is 29.6 Å². The van der Waals surface area contributed by atoms with Crippen molar-refractivity contribution in [3.05, 3.63) is 89.7 Å². The van der Waals surface area contributed by atoms with E-state index < -0.39 is 0 Å².